The summed E-state index contributed by atoms with van der Waals surface area (Å²) in [5.74, 6) is 5.55. The highest BCUT2D eigenvalue weighted by Gasteiger charge is 2.09. The van der Waals surface area contributed by atoms with Crippen molar-refractivity contribution in [2.24, 2.45) is 5.84 Å². The fourth-order valence-electron chi connectivity index (χ4n) is 1.16. The molecule has 4 N–H and O–H groups in total. The molecule has 0 aliphatic carbocycles. The summed E-state index contributed by atoms with van der Waals surface area (Å²) in [6.45, 7) is 0. The molecule has 1 amide bonds. The number of anilines is 2. The smallest absolute Gasteiger partial charge is 0.277 e. The van der Waals surface area contributed by atoms with Crippen molar-refractivity contribution in [1.29, 1.82) is 0 Å². The molecule has 0 unspecified atom stereocenters. The van der Waals surface area contributed by atoms with E-state index in [1.54, 1.807) is 24.4 Å². The normalized spacial score (nSPS) is 9.71. The third-order valence-electron chi connectivity index (χ3n) is 1.92. The van der Waals surface area contributed by atoms with E-state index in [-0.39, 0.29) is 5.69 Å². The summed E-state index contributed by atoms with van der Waals surface area (Å²) in [6.07, 6.45) is 4.34. The first kappa shape index (κ1) is 11.0. The molecule has 0 aromatic carbocycles. The Morgan fingerprint density at radius 3 is 2.82 bits per heavy atom. The van der Waals surface area contributed by atoms with Gasteiger partial charge in [0, 0.05) is 6.20 Å². The number of nitrogen functional groups attached to an aromatic ring is 1. The molecule has 86 valence electrons. The highest BCUT2D eigenvalue weighted by Crippen LogP contribution is 2.05. The summed E-state index contributed by atoms with van der Waals surface area (Å²) in [4.78, 5) is 23.5. The van der Waals surface area contributed by atoms with Crippen molar-refractivity contribution < 1.29 is 4.79 Å². The molecule has 0 aliphatic rings. The average molecular weight is 230 g/mol. The van der Waals surface area contributed by atoms with E-state index in [0.717, 1.165) is 0 Å². The highest BCUT2D eigenvalue weighted by molar-refractivity contribution is 6.02. The van der Waals surface area contributed by atoms with Crippen molar-refractivity contribution >= 4 is 17.5 Å². The highest BCUT2D eigenvalue weighted by atomic mass is 16.1. The van der Waals surface area contributed by atoms with Gasteiger partial charge in [0.15, 0.2) is 5.82 Å². The largest absolute Gasteiger partial charge is 0.307 e. The summed E-state index contributed by atoms with van der Waals surface area (Å²) in [5, 5.41) is 2.59. The van der Waals surface area contributed by atoms with E-state index in [4.69, 9.17) is 5.84 Å². The Labute approximate surface area is 97.1 Å². The minimum Gasteiger partial charge on any atom is -0.307 e. The van der Waals surface area contributed by atoms with Gasteiger partial charge in [-0.15, -0.1) is 0 Å². The lowest BCUT2D eigenvalue weighted by Gasteiger charge is -2.04. The van der Waals surface area contributed by atoms with E-state index < -0.39 is 5.91 Å². The number of nitrogens with two attached hydrogens (primary N) is 1. The first-order valence-electron chi connectivity index (χ1n) is 4.80. The van der Waals surface area contributed by atoms with Crippen LogP contribution in [-0.4, -0.2) is 20.9 Å². The maximum Gasteiger partial charge on any atom is 0.277 e. The number of hydrogen-bond donors (Lipinski definition) is 3. The maximum atomic E-state index is 11.8. The maximum absolute atomic E-state index is 11.8. The van der Waals surface area contributed by atoms with Gasteiger partial charge in [0.1, 0.15) is 11.5 Å². The lowest BCUT2D eigenvalue weighted by molar-refractivity contribution is 0.102. The van der Waals surface area contributed by atoms with Gasteiger partial charge in [0.2, 0.25) is 0 Å². The molecule has 0 bridgehead atoms. The molecular formula is C10H10N6O. The third kappa shape index (κ3) is 2.73. The molecule has 7 nitrogen and oxygen atoms in total. The van der Waals surface area contributed by atoms with E-state index in [9.17, 15) is 4.79 Å². The topological polar surface area (TPSA) is 106 Å². The molecular weight excluding hydrogens is 220 g/mol. The van der Waals surface area contributed by atoms with Crippen LogP contribution in [0.3, 0.4) is 0 Å². The standard InChI is InChI=1S/C10H10N6O/c11-16-9-6-12-5-7(14-9)10(17)15-8-3-1-2-4-13-8/h1-6H,11H2,(H,14,16)(H,13,15,17). The number of nitrogens with zero attached hydrogens (tertiary/aromatic N) is 3. The Morgan fingerprint density at radius 1 is 1.24 bits per heavy atom. The molecule has 7 heteroatoms. The number of rotatable bonds is 3. The molecule has 2 aromatic rings. The number of aromatic nitrogens is 3. The monoisotopic (exact) mass is 230 g/mol. The summed E-state index contributed by atoms with van der Waals surface area (Å²) in [7, 11) is 0. The number of pyridine rings is 1. The van der Waals surface area contributed by atoms with Crippen molar-refractivity contribution in [3.63, 3.8) is 0 Å². The van der Waals surface area contributed by atoms with E-state index in [0.29, 0.717) is 11.6 Å². The van der Waals surface area contributed by atoms with E-state index in [2.05, 4.69) is 25.7 Å². The Hall–Kier alpha value is -2.54. The molecule has 0 atom stereocenters. The second kappa shape index (κ2) is 4.99. The van der Waals surface area contributed by atoms with Gasteiger partial charge in [-0.25, -0.2) is 15.8 Å². The minimum atomic E-state index is -0.395. The predicted octanol–water partition coefficient (Wildman–Crippen LogP) is 0.410. The molecule has 0 fully saturated rings. The predicted molar refractivity (Wildman–Crippen MR) is 62.0 cm³/mol. The van der Waals surface area contributed by atoms with Crippen molar-refractivity contribution in [2.75, 3.05) is 10.7 Å². The lowest BCUT2D eigenvalue weighted by Crippen LogP contribution is -2.17. The van der Waals surface area contributed by atoms with Crippen LogP contribution in [0.5, 0.6) is 0 Å². The first-order valence-corrected chi connectivity index (χ1v) is 4.80. The zero-order chi connectivity index (χ0) is 12.1. The third-order valence-corrected chi connectivity index (χ3v) is 1.92. The molecule has 0 saturated carbocycles. The van der Waals surface area contributed by atoms with Crippen LogP contribution in [0.2, 0.25) is 0 Å². The van der Waals surface area contributed by atoms with Crippen molar-refractivity contribution in [2.45, 2.75) is 0 Å². The summed E-state index contributed by atoms with van der Waals surface area (Å²) < 4.78 is 0. The molecule has 17 heavy (non-hydrogen) atoms. The summed E-state index contributed by atoms with van der Waals surface area (Å²) in [5.41, 5.74) is 2.48. The second-order valence-corrected chi connectivity index (χ2v) is 3.10. The van der Waals surface area contributed by atoms with Crippen LogP contribution in [0.25, 0.3) is 0 Å². The fraction of sp³-hybridized carbons (Fsp3) is 0. The van der Waals surface area contributed by atoms with Crippen LogP contribution in [0, 0.1) is 0 Å². The van der Waals surface area contributed by atoms with Crippen LogP contribution < -0.4 is 16.6 Å². The van der Waals surface area contributed by atoms with E-state index >= 15 is 0 Å². The number of nitrogens with one attached hydrogen (secondary N) is 2. The molecule has 0 spiro atoms. The number of amides is 1. The van der Waals surface area contributed by atoms with Gasteiger partial charge in [-0.05, 0) is 12.1 Å². The average Bonchev–Trinajstić information content (AvgIpc) is 2.40. The number of hydrazine groups is 1. The molecule has 0 saturated heterocycles. The van der Waals surface area contributed by atoms with Gasteiger partial charge in [-0.3, -0.25) is 9.78 Å². The number of carbonyl (C=O) groups excluding carboxylic acids is 1. The van der Waals surface area contributed by atoms with Crippen molar-refractivity contribution in [3.8, 4) is 0 Å². The Bertz CT molecular complexity index is 515. The van der Waals surface area contributed by atoms with Crippen LogP contribution in [0.15, 0.2) is 36.8 Å². The Kier molecular flexibility index (Phi) is 3.22. The number of carbonyl (C=O) groups is 1. The van der Waals surface area contributed by atoms with Crippen molar-refractivity contribution in [1.82, 2.24) is 15.0 Å². The lowest BCUT2D eigenvalue weighted by atomic mass is 10.4. The quantitative estimate of drug-likeness (QED) is 0.521. The summed E-state index contributed by atoms with van der Waals surface area (Å²) in [6, 6.07) is 5.21. The van der Waals surface area contributed by atoms with Crippen LogP contribution in [-0.2, 0) is 0 Å². The molecule has 2 aromatic heterocycles. The van der Waals surface area contributed by atoms with Crippen molar-refractivity contribution in [3.05, 3.63) is 42.5 Å². The molecule has 0 radical (unpaired) electrons. The Morgan fingerprint density at radius 2 is 2.12 bits per heavy atom. The van der Waals surface area contributed by atoms with Gasteiger partial charge in [-0.2, -0.15) is 0 Å². The number of hydrogen-bond acceptors (Lipinski definition) is 6. The van der Waals surface area contributed by atoms with Crippen LogP contribution in [0.4, 0.5) is 11.6 Å². The first-order chi connectivity index (χ1) is 8.29. The molecule has 0 aliphatic heterocycles. The van der Waals surface area contributed by atoms with Gasteiger partial charge in [0.05, 0.1) is 12.4 Å². The van der Waals surface area contributed by atoms with E-state index in [1.807, 2.05) is 0 Å². The molecule has 2 rings (SSSR count). The Balaban J connectivity index is 2.14. The fourth-order valence-corrected chi connectivity index (χ4v) is 1.16. The van der Waals surface area contributed by atoms with Crippen LogP contribution >= 0.6 is 0 Å². The SMILES string of the molecule is NNc1cncc(C(=O)Nc2ccccn2)n1. The minimum absolute atomic E-state index is 0.158. The summed E-state index contributed by atoms with van der Waals surface area (Å²) >= 11 is 0. The van der Waals surface area contributed by atoms with Crippen LogP contribution in [0.1, 0.15) is 10.5 Å². The molecule has 2 heterocycles. The van der Waals surface area contributed by atoms with Gasteiger partial charge >= 0.3 is 0 Å². The zero-order valence-electron chi connectivity index (χ0n) is 8.79. The second-order valence-electron chi connectivity index (χ2n) is 3.10. The zero-order valence-corrected chi connectivity index (χ0v) is 8.79. The van der Waals surface area contributed by atoms with E-state index in [1.165, 1.54) is 12.4 Å². The van der Waals surface area contributed by atoms with Gasteiger partial charge in [-0.1, -0.05) is 6.07 Å². The van der Waals surface area contributed by atoms with Gasteiger partial charge in [0.25, 0.3) is 5.91 Å². The van der Waals surface area contributed by atoms with Gasteiger partial charge < -0.3 is 10.7 Å².